The van der Waals surface area contributed by atoms with E-state index in [-0.39, 0.29) is 18.4 Å². The largest absolute Gasteiger partial charge is 0.434 e. The number of benzene rings is 1. The highest BCUT2D eigenvalue weighted by molar-refractivity contribution is 7.87. The molecule has 1 aliphatic heterocycles. The van der Waals surface area contributed by atoms with Crippen molar-refractivity contribution in [1.82, 2.24) is 19.0 Å². The molecule has 3 atom stereocenters. The second-order valence-electron chi connectivity index (χ2n) is 9.64. The van der Waals surface area contributed by atoms with Crippen LogP contribution in [0, 0.1) is 11.8 Å². The highest BCUT2D eigenvalue weighted by Crippen LogP contribution is 2.50. The van der Waals surface area contributed by atoms with E-state index in [0.717, 1.165) is 29.5 Å². The molecule has 3 unspecified atom stereocenters. The number of hydrogen-bond acceptors (Lipinski definition) is 5. The van der Waals surface area contributed by atoms with Gasteiger partial charge in [-0.25, -0.2) is 4.98 Å². The van der Waals surface area contributed by atoms with Crippen LogP contribution in [-0.2, 0) is 23.1 Å². The fraction of sp³-hybridized carbons (Fsp3) is 0.417. The van der Waals surface area contributed by atoms with Gasteiger partial charge in [-0.3, -0.25) is 4.98 Å². The van der Waals surface area contributed by atoms with Crippen LogP contribution >= 0.6 is 0 Å². The zero-order valence-electron chi connectivity index (χ0n) is 18.6. The van der Waals surface area contributed by atoms with E-state index in [2.05, 4.69) is 14.7 Å². The summed E-state index contributed by atoms with van der Waals surface area (Å²) in [5.74, 6) is 0.852. The molecule has 3 aliphatic rings. The number of nitrogens with one attached hydrogen (secondary N) is 1. The lowest BCUT2D eigenvalue weighted by Crippen LogP contribution is -2.52. The van der Waals surface area contributed by atoms with Gasteiger partial charge in [0.1, 0.15) is 12.2 Å². The van der Waals surface area contributed by atoms with E-state index >= 15 is 0 Å². The third-order valence-corrected chi connectivity index (χ3v) is 9.16. The number of alkyl halides is 3. The maximum absolute atomic E-state index is 13.1. The molecule has 6 rings (SSSR count). The summed E-state index contributed by atoms with van der Waals surface area (Å²) in [6.45, 7) is -1.62. The van der Waals surface area contributed by atoms with Crippen LogP contribution in [0.3, 0.4) is 0 Å². The van der Waals surface area contributed by atoms with Crippen molar-refractivity contribution >= 4 is 10.2 Å². The Hall–Kier alpha value is -2.76. The Morgan fingerprint density at radius 2 is 1.86 bits per heavy atom. The summed E-state index contributed by atoms with van der Waals surface area (Å²) >= 11 is 0. The number of halogens is 3. The molecule has 0 radical (unpaired) electrons. The maximum Gasteiger partial charge on any atom is 0.402 e. The minimum atomic E-state index is -4.59. The number of rotatable bonds is 3. The number of oxazole rings is 1. The van der Waals surface area contributed by atoms with Gasteiger partial charge in [-0.2, -0.15) is 30.6 Å². The molecule has 184 valence electrons. The van der Waals surface area contributed by atoms with Gasteiger partial charge in [-0.05, 0) is 72.9 Å². The smallest absolute Gasteiger partial charge is 0.402 e. The van der Waals surface area contributed by atoms with E-state index in [9.17, 15) is 21.6 Å². The molecule has 1 saturated carbocycles. The van der Waals surface area contributed by atoms with E-state index in [1.54, 1.807) is 12.4 Å². The van der Waals surface area contributed by atoms with Crippen LogP contribution in [0.1, 0.15) is 24.0 Å². The molecule has 1 saturated heterocycles. The van der Waals surface area contributed by atoms with Crippen molar-refractivity contribution < 1.29 is 26.0 Å². The van der Waals surface area contributed by atoms with Crippen molar-refractivity contribution in [2.24, 2.45) is 11.8 Å². The normalized spacial score (nSPS) is 27.7. The van der Waals surface area contributed by atoms with E-state index in [0.29, 0.717) is 34.5 Å². The predicted octanol–water partition coefficient (Wildman–Crippen LogP) is 3.98. The van der Waals surface area contributed by atoms with Gasteiger partial charge in [0.2, 0.25) is 5.89 Å². The number of fused-ring (bicyclic) bond motifs is 1. The third-order valence-electron chi connectivity index (χ3n) is 7.58. The summed E-state index contributed by atoms with van der Waals surface area (Å²) in [5.41, 5.74) is 2.73. The molecule has 2 aliphatic carbocycles. The number of aromatic nitrogens is 2. The molecule has 2 bridgehead atoms. The summed E-state index contributed by atoms with van der Waals surface area (Å²) in [6, 6.07) is 11.5. The van der Waals surface area contributed by atoms with Gasteiger partial charge in [0.25, 0.3) is 10.2 Å². The zero-order valence-corrected chi connectivity index (χ0v) is 19.4. The molecular formula is C24H23F3N4O3S. The van der Waals surface area contributed by atoms with Gasteiger partial charge in [-0.15, -0.1) is 0 Å². The number of nitrogens with zero attached hydrogens (tertiary/aromatic N) is 3. The van der Waals surface area contributed by atoms with E-state index < -0.39 is 28.5 Å². The zero-order chi connectivity index (χ0) is 24.4. The molecule has 2 fully saturated rings. The van der Waals surface area contributed by atoms with Crippen molar-refractivity contribution in [2.75, 3.05) is 13.1 Å². The van der Waals surface area contributed by atoms with Crippen molar-refractivity contribution in [1.29, 1.82) is 0 Å². The molecule has 1 aromatic carbocycles. The molecular weight excluding hydrogens is 481 g/mol. The molecule has 7 nitrogen and oxygen atoms in total. The minimum Gasteiger partial charge on any atom is -0.434 e. The molecule has 2 aromatic heterocycles. The Kier molecular flexibility index (Phi) is 5.10. The maximum atomic E-state index is 13.1. The lowest BCUT2D eigenvalue weighted by atomic mass is 9.79. The third kappa shape index (κ3) is 3.95. The first kappa shape index (κ1) is 22.7. The van der Waals surface area contributed by atoms with Crippen molar-refractivity contribution in [3.8, 4) is 22.9 Å². The van der Waals surface area contributed by atoms with Crippen molar-refractivity contribution in [3.63, 3.8) is 0 Å². The summed E-state index contributed by atoms with van der Waals surface area (Å²) in [4.78, 5) is 8.69. The topological polar surface area (TPSA) is 88.3 Å². The van der Waals surface area contributed by atoms with Crippen LogP contribution in [0.15, 0.2) is 53.2 Å². The van der Waals surface area contributed by atoms with Crippen molar-refractivity contribution in [2.45, 2.75) is 37.4 Å². The van der Waals surface area contributed by atoms with Gasteiger partial charge in [0.05, 0.1) is 11.7 Å². The molecule has 1 spiro atoms. The van der Waals surface area contributed by atoms with Crippen molar-refractivity contribution in [3.05, 3.63) is 59.9 Å². The quantitative estimate of drug-likeness (QED) is 0.583. The van der Waals surface area contributed by atoms with Crippen LogP contribution < -0.4 is 4.72 Å². The SMILES string of the molecule is O=S1(=O)NC2(CN1CC(F)(F)F)C1CCC2Cc2cc(-c3ncc(-c4ccccn4)o3)ccc2C1. The van der Waals surface area contributed by atoms with Gasteiger partial charge < -0.3 is 4.42 Å². The van der Waals surface area contributed by atoms with Crippen LogP contribution in [-0.4, -0.2) is 47.5 Å². The highest BCUT2D eigenvalue weighted by Gasteiger charge is 2.60. The fourth-order valence-corrected chi connectivity index (χ4v) is 7.72. The van der Waals surface area contributed by atoms with Crippen LogP contribution in [0.2, 0.25) is 0 Å². The Labute approximate surface area is 200 Å². The average molecular weight is 505 g/mol. The summed E-state index contributed by atoms with van der Waals surface area (Å²) in [6.07, 6.45) is 1.45. The number of pyridine rings is 1. The number of hydrogen-bond donors (Lipinski definition) is 1. The van der Waals surface area contributed by atoms with Crippen LogP contribution in [0.4, 0.5) is 13.2 Å². The van der Waals surface area contributed by atoms with Gasteiger partial charge in [0.15, 0.2) is 5.76 Å². The lowest BCUT2D eigenvalue weighted by Gasteiger charge is -2.33. The second-order valence-corrected chi connectivity index (χ2v) is 11.3. The fourth-order valence-electron chi connectivity index (χ4n) is 6.01. The molecule has 3 heterocycles. The summed E-state index contributed by atoms with van der Waals surface area (Å²) < 4.78 is 73.7. The molecule has 3 aromatic rings. The van der Waals surface area contributed by atoms with E-state index in [1.165, 1.54) is 0 Å². The Balaban J connectivity index is 1.30. The first-order chi connectivity index (χ1) is 16.6. The monoisotopic (exact) mass is 504 g/mol. The minimum absolute atomic E-state index is 0.0647. The first-order valence-corrected chi connectivity index (χ1v) is 12.9. The Morgan fingerprint density at radius 3 is 2.57 bits per heavy atom. The standard InChI is InChI=1S/C24H23F3N4O3S/c25-24(26,27)14-31-13-23(30-35(31,32)33)18-6-7-19(23)11-17-9-16(5-4-15(17)10-18)22-29-12-21(34-22)20-3-1-2-8-28-20/h1-5,8-9,12,18-19,30H,6-7,10-11,13-14H2. The average Bonchev–Trinajstić information content (AvgIpc) is 3.43. The van der Waals surface area contributed by atoms with E-state index in [4.69, 9.17) is 4.42 Å². The van der Waals surface area contributed by atoms with Gasteiger partial charge in [-0.1, -0.05) is 12.1 Å². The predicted molar refractivity (Wildman–Crippen MR) is 121 cm³/mol. The first-order valence-electron chi connectivity index (χ1n) is 11.5. The molecule has 0 amide bonds. The summed E-state index contributed by atoms with van der Waals surface area (Å²) in [5, 5.41) is 0. The molecule has 35 heavy (non-hydrogen) atoms. The lowest BCUT2D eigenvalue weighted by molar-refractivity contribution is -0.136. The van der Waals surface area contributed by atoms with E-state index in [1.807, 2.05) is 36.4 Å². The Bertz CT molecular complexity index is 1380. The highest BCUT2D eigenvalue weighted by atomic mass is 32.2. The summed E-state index contributed by atoms with van der Waals surface area (Å²) in [7, 11) is -4.20. The van der Waals surface area contributed by atoms with Crippen LogP contribution in [0.5, 0.6) is 0 Å². The second kappa shape index (κ2) is 7.87. The molecule has 1 N–H and O–H groups in total. The molecule has 11 heteroatoms. The van der Waals surface area contributed by atoms with Gasteiger partial charge in [0, 0.05) is 18.3 Å². The Morgan fingerprint density at radius 1 is 1.09 bits per heavy atom. The van der Waals surface area contributed by atoms with Gasteiger partial charge >= 0.3 is 6.18 Å². The van der Waals surface area contributed by atoms with Crippen LogP contribution in [0.25, 0.3) is 22.9 Å².